The lowest BCUT2D eigenvalue weighted by Gasteiger charge is -2.32. The Bertz CT molecular complexity index is 652. The highest BCUT2D eigenvalue weighted by molar-refractivity contribution is 5.86. The van der Waals surface area contributed by atoms with Crippen molar-refractivity contribution in [3.05, 3.63) is 0 Å². The van der Waals surface area contributed by atoms with Crippen molar-refractivity contribution in [2.24, 2.45) is 11.8 Å². The number of ether oxygens (including phenoxy) is 1. The van der Waals surface area contributed by atoms with Crippen LogP contribution in [0.3, 0.4) is 0 Å². The zero-order valence-electron chi connectivity index (χ0n) is 18.4. The van der Waals surface area contributed by atoms with Gasteiger partial charge in [-0.3, -0.25) is 9.59 Å². The van der Waals surface area contributed by atoms with E-state index in [1.807, 2.05) is 0 Å². The van der Waals surface area contributed by atoms with E-state index in [2.05, 4.69) is 10.6 Å². The third-order valence-electron chi connectivity index (χ3n) is 5.71. The number of hydrogen-bond donors (Lipinski definition) is 3. The Balaban J connectivity index is 1.72. The first-order chi connectivity index (χ1) is 14.0. The molecule has 30 heavy (non-hydrogen) atoms. The van der Waals surface area contributed by atoms with Crippen molar-refractivity contribution in [1.29, 1.82) is 0 Å². The molecule has 0 spiro atoms. The summed E-state index contributed by atoms with van der Waals surface area (Å²) in [6, 6.07) is -1.39. The Hall–Kier alpha value is -2.32. The molecule has 0 aromatic heterocycles. The first-order valence-electron chi connectivity index (χ1n) is 10.8. The molecule has 1 aliphatic carbocycles. The van der Waals surface area contributed by atoms with Crippen molar-refractivity contribution < 1.29 is 29.0 Å². The normalized spacial score (nSPS) is 25.3. The van der Waals surface area contributed by atoms with E-state index in [9.17, 15) is 24.3 Å². The summed E-state index contributed by atoms with van der Waals surface area (Å²) in [5, 5.41) is 14.7. The summed E-state index contributed by atoms with van der Waals surface area (Å²) in [4.78, 5) is 49.6. The molecule has 0 unspecified atom stereocenters. The van der Waals surface area contributed by atoms with Gasteiger partial charge < -0.3 is 25.4 Å². The molecule has 3 amide bonds. The molecule has 2 aliphatic rings. The quantitative estimate of drug-likeness (QED) is 0.597. The van der Waals surface area contributed by atoms with Crippen LogP contribution in [-0.4, -0.2) is 64.7 Å². The summed E-state index contributed by atoms with van der Waals surface area (Å²) < 4.78 is 5.15. The molecule has 3 N–H and O–H groups in total. The van der Waals surface area contributed by atoms with Gasteiger partial charge in [0.25, 0.3) is 0 Å². The van der Waals surface area contributed by atoms with Crippen LogP contribution in [0.25, 0.3) is 0 Å². The molecule has 0 radical (unpaired) electrons. The fraction of sp³-hybridized carbons (Fsp3) is 0.810. The van der Waals surface area contributed by atoms with Crippen LogP contribution >= 0.6 is 0 Å². The van der Waals surface area contributed by atoms with E-state index in [0.717, 1.165) is 19.3 Å². The highest BCUT2D eigenvalue weighted by Crippen LogP contribution is 2.31. The zero-order valence-corrected chi connectivity index (χ0v) is 18.4. The molecule has 9 heteroatoms. The third kappa shape index (κ3) is 6.88. The molecule has 2 atom stereocenters. The van der Waals surface area contributed by atoms with Crippen LogP contribution in [0.5, 0.6) is 0 Å². The monoisotopic (exact) mass is 425 g/mol. The van der Waals surface area contributed by atoms with E-state index in [4.69, 9.17) is 4.74 Å². The summed E-state index contributed by atoms with van der Waals surface area (Å²) >= 11 is 0. The molecule has 1 aliphatic heterocycles. The van der Waals surface area contributed by atoms with Gasteiger partial charge in [-0.1, -0.05) is 0 Å². The van der Waals surface area contributed by atoms with Crippen molar-refractivity contribution in [2.45, 2.75) is 83.9 Å². The number of rotatable bonds is 6. The summed E-state index contributed by atoms with van der Waals surface area (Å²) in [5.41, 5.74) is -0.629. The van der Waals surface area contributed by atoms with Crippen molar-refractivity contribution in [1.82, 2.24) is 15.5 Å². The number of carbonyl (C=O) groups excluding carboxylic acids is 3. The number of aliphatic carboxylic acids is 1. The van der Waals surface area contributed by atoms with Gasteiger partial charge in [-0.15, -0.1) is 0 Å². The first kappa shape index (κ1) is 24.0. The van der Waals surface area contributed by atoms with Crippen molar-refractivity contribution in [2.75, 3.05) is 13.1 Å². The summed E-state index contributed by atoms with van der Waals surface area (Å²) in [6.07, 6.45) is 3.64. The minimum atomic E-state index is -0.925. The maximum atomic E-state index is 12.7. The van der Waals surface area contributed by atoms with E-state index >= 15 is 0 Å². The molecular formula is C21H35N3O6. The second-order valence-electron chi connectivity index (χ2n) is 9.36. The Morgan fingerprint density at radius 2 is 1.73 bits per heavy atom. The van der Waals surface area contributed by atoms with E-state index in [0.29, 0.717) is 32.4 Å². The second-order valence-corrected chi connectivity index (χ2v) is 9.36. The molecule has 1 heterocycles. The van der Waals surface area contributed by atoms with Crippen LogP contribution in [0.4, 0.5) is 4.79 Å². The van der Waals surface area contributed by atoms with Gasteiger partial charge in [-0.25, -0.2) is 9.59 Å². The highest BCUT2D eigenvalue weighted by Gasteiger charge is 2.38. The van der Waals surface area contributed by atoms with E-state index < -0.39 is 29.7 Å². The lowest BCUT2D eigenvalue weighted by Crippen LogP contribution is -2.48. The topological polar surface area (TPSA) is 125 Å². The number of carbonyl (C=O) groups is 4. The molecule has 0 aromatic rings. The van der Waals surface area contributed by atoms with Gasteiger partial charge in [0.1, 0.15) is 17.7 Å². The fourth-order valence-corrected chi connectivity index (χ4v) is 4.08. The minimum Gasteiger partial charge on any atom is -0.480 e. The number of amides is 3. The Morgan fingerprint density at radius 3 is 2.30 bits per heavy atom. The SMILES string of the molecule is C[C@@H](NC(=O)OC(C)(C)C)C(=O)NCC1CCC(C(=O)N2CCC[C@H]2C(=O)O)CC1. The molecule has 2 rings (SSSR count). The zero-order chi connectivity index (χ0) is 22.5. The number of carboxylic acids is 1. The van der Waals surface area contributed by atoms with Crippen molar-refractivity contribution in [3.8, 4) is 0 Å². The second kappa shape index (κ2) is 10.1. The van der Waals surface area contributed by atoms with Crippen LogP contribution in [0.1, 0.15) is 66.2 Å². The Labute approximate surface area is 177 Å². The molecule has 9 nitrogen and oxygen atoms in total. The van der Waals surface area contributed by atoms with Gasteiger partial charge in [0.2, 0.25) is 11.8 Å². The van der Waals surface area contributed by atoms with Gasteiger partial charge in [0.05, 0.1) is 0 Å². The molecule has 0 aromatic carbocycles. The average Bonchev–Trinajstić information content (AvgIpc) is 3.14. The average molecular weight is 426 g/mol. The summed E-state index contributed by atoms with van der Waals surface area (Å²) in [6.45, 7) is 7.87. The summed E-state index contributed by atoms with van der Waals surface area (Å²) in [7, 11) is 0. The number of likely N-dealkylation sites (tertiary alicyclic amines) is 1. The van der Waals surface area contributed by atoms with Crippen molar-refractivity contribution in [3.63, 3.8) is 0 Å². The maximum absolute atomic E-state index is 12.7. The lowest BCUT2D eigenvalue weighted by molar-refractivity contribution is -0.150. The smallest absolute Gasteiger partial charge is 0.408 e. The number of nitrogens with one attached hydrogen (secondary N) is 2. The van der Waals surface area contributed by atoms with Gasteiger partial charge in [-0.05, 0) is 72.1 Å². The molecule has 2 fully saturated rings. The fourth-order valence-electron chi connectivity index (χ4n) is 4.08. The van der Waals surface area contributed by atoms with Crippen LogP contribution in [0.2, 0.25) is 0 Å². The molecule has 1 saturated carbocycles. The molecule has 170 valence electrons. The standard InChI is InChI=1S/C21H35N3O6/c1-13(23-20(29)30-21(2,3)4)17(25)22-12-14-7-9-15(10-8-14)18(26)24-11-5-6-16(24)19(27)28/h13-16H,5-12H2,1-4H3,(H,22,25)(H,23,29)(H,27,28)/t13-,14?,15?,16+/m1/s1. The first-order valence-corrected chi connectivity index (χ1v) is 10.8. The van der Waals surface area contributed by atoms with Crippen molar-refractivity contribution >= 4 is 23.9 Å². The predicted molar refractivity (Wildman–Crippen MR) is 110 cm³/mol. The largest absolute Gasteiger partial charge is 0.480 e. The van der Waals surface area contributed by atoms with Crippen LogP contribution < -0.4 is 10.6 Å². The molecule has 0 bridgehead atoms. The third-order valence-corrected chi connectivity index (χ3v) is 5.71. The van der Waals surface area contributed by atoms with Crippen LogP contribution in [0, 0.1) is 11.8 Å². The number of hydrogen-bond acceptors (Lipinski definition) is 5. The van der Waals surface area contributed by atoms with Gasteiger partial charge >= 0.3 is 12.1 Å². The van der Waals surface area contributed by atoms with E-state index in [1.54, 1.807) is 27.7 Å². The number of alkyl carbamates (subject to hydrolysis) is 1. The van der Waals surface area contributed by atoms with Crippen LogP contribution in [0.15, 0.2) is 0 Å². The lowest BCUT2D eigenvalue weighted by atomic mass is 9.81. The maximum Gasteiger partial charge on any atom is 0.408 e. The molecule has 1 saturated heterocycles. The van der Waals surface area contributed by atoms with Crippen LogP contribution in [-0.2, 0) is 19.1 Å². The Morgan fingerprint density at radius 1 is 1.10 bits per heavy atom. The van der Waals surface area contributed by atoms with E-state index in [1.165, 1.54) is 4.90 Å². The summed E-state index contributed by atoms with van der Waals surface area (Å²) in [5.74, 6) is -1.12. The molecular weight excluding hydrogens is 390 g/mol. The highest BCUT2D eigenvalue weighted by atomic mass is 16.6. The minimum absolute atomic E-state index is 0.0439. The van der Waals surface area contributed by atoms with Gasteiger partial charge in [0, 0.05) is 19.0 Å². The van der Waals surface area contributed by atoms with E-state index in [-0.39, 0.29) is 23.7 Å². The number of carboxylic acid groups (broad SMARTS) is 1. The van der Waals surface area contributed by atoms with Gasteiger partial charge in [0.15, 0.2) is 0 Å². The van der Waals surface area contributed by atoms with Gasteiger partial charge in [-0.2, -0.15) is 0 Å². The Kier molecular flexibility index (Phi) is 8.09. The predicted octanol–water partition coefficient (Wildman–Crippen LogP) is 1.90. The number of nitrogens with zero attached hydrogens (tertiary/aromatic N) is 1.